The number of halogens is 1. The molecule has 1 aromatic rings. The Kier molecular flexibility index (Phi) is 5.67. The molecule has 0 N–H and O–H groups in total. The third-order valence-corrected chi connectivity index (χ3v) is 6.66. The van der Waals surface area contributed by atoms with Gasteiger partial charge in [-0.3, -0.25) is 4.79 Å². The van der Waals surface area contributed by atoms with Gasteiger partial charge in [0, 0.05) is 23.5 Å². The van der Waals surface area contributed by atoms with Crippen LogP contribution in [0, 0.1) is 6.92 Å². The number of aryl methyl sites for hydroxylation is 1. The van der Waals surface area contributed by atoms with Gasteiger partial charge in [-0.2, -0.15) is 0 Å². The molecule has 29 heavy (non-hydrogen) atoms. The van der Waals surface area contributed by atoms with Crippen molar-refractivity contribution in [3.63, 3.8) is 0 Å². The van der Waals surface area contributed by atoms with Crippen LogP contribution < -0.4 is 0 Å². The third kappa shape index (κ3) is 3.98. The van der Waals surface area contributed by atoms with E-state index in [9.17, 15) is 9.59 Å². The molecule has 5 nitrogen and oxygen atoms in total. The number of likely N-dealkylation sites (tertiary alicyclic amines) is 1. The van der Waals surface area contributed by atoms with E-state index in [1.54, 1.807) is 4.90 Å². The molecule has 1 saturated heterocycles. The van der Waals surface area contributed by atoms with Crippen LogP contribution in [0.1, 0.15) is 70.6 Å². The standard InChI is InChI=1S/C23H32ClNO4/c1-7-28-19(26)22(6)14-23(17-12-15(2)18(24)13-16(17)22)8-10-25(11-9-23)20(27)29-21(3,4)5/h12-13H,7-11,14H2,1-6H3. The lowest BCUT2D eigenvalue weighted by Crippen LogP contribution is -2.47. The molecular formula is C23H32ClNO4. The minimum Gasteiger partial charge on any atom is -0.465 e. The van der Waals surface area contributed by atoms with Crippen molar-refractivity contribution in [3.8, 4) is 0 Å². The van der Waals surface area contributed by atoms with E-state index in [2.05, 4.69) is 6.07 Å². The zero-order valence-corrected chi connectivity index (χ0v) is 19.1. The Balaban J connectivity index is 1.91. The summed E-state index contributed by atoms with van der Waals surface area (Å²) in [7, 11) is 0. The smallest absolute Gasteiger partial charge is 0.410 e. The number of amides is 1. The fourth-order valence-corrected chi connectivity index (χ4v) is 4.97. The summed E-state index contributed by atoms with van der Waals surface area (Å²) in [6.07, 6.45) is 1.98. The molecule has 6 heteroatoms. The molecule has 1 aliphatic carbocycles. The van der Waals surface area contributed by atoms with E-state index in [1.165, 1.54) is 5.56 Å². The molecule has 1 heterocycles. The highest BCUT2D eigenvalue weighted by molar-refractivity contribution is 6.31. The van der Waals surface area contributed by atoms with Gasteiger partial charge in [0.2, 0.25) is 0 Å². The predicted octanol–water partition coefficient (Wildman–Crippen LogP) is 5.14. The van der Waals surface area contributed by atoms with Crippen LogP contribution in [0.2, 0.25) is 5.02 Å². The molecule has 1 aromatic carbocycles. The number of benzene rings is 1. The van der Waals surface area contributed by atoms with Crippen LogP contribution in [-0.4, -0.2) is 42.3 Å². The molecule has 0 aromatic heterocycles. The van der Waals surface area contributed by atoms with E-state index < -0.39 is 11.0 Å². The first-order valence-electron chi connectivity index (χ1n) is 10.4. The third-order valence-electron chi connectivity index (χ3n) is 6.25. The Hall–Kier alpha value is -1.75. The minimum atomic E-state index is -0.725. The number of rotatable bonds is 2. The fraction of sp³-hybridized carbons (Fsp3) is 0.652. The summed E-state index contributed by atoms with van der Waals surface area (Å²) in [5.74, 6) is -0.201. The van der Waals surface area contributed by atoms with Crippen LogP contribution in [0.5, 0.6) is 0 Å². The summed E-state index contributed by atoms with van der Waals surface area (Å²) in [6, 6.07) is 4.07. The maximum atomic E-state index is 12.9. The molecule has 1 fully saturated rings. The molecule has 2 aliphatic rings. The summed E-state index contributed by atoms with van der Waals surface area (Å²) >= 11 is 6.43. The van der Waals surface area contributed by atoms with Crippen LogP contribution >= 0.6 is 11.6 Å². The Morgan fingerprint density at radius 2 is 1.79 bits per heavy atom. The molecule has 0 radical (unpaired) electrons. The first-order valence-corrected chi connectivity index (χ1v) is 10.8. The van der Waals surface area contributed by atoms with Crippen LogP contribution in [0.4, 0.5) is 4.79 Å². The van der Waals surface area contributed by atoms with Crippen LogP contribution in [0.25, 0.3) is 0 Å². The fourth-order valence-electron chi connectivity index (χ4n) is 4.81. The SMILES string of the molecule is CCOC(=O)C1(C)CC2(CCN(C(=O)OC(C)(C)C)CC2)c2cc(C)c(Cl)cc21. The van der Waals surface area contributed by atoms with Crippen molar-refractivity contribution in [2.24, 2.45) is 0 Å². The molecule has 1 amide bonds. The number of hydrogen-bond acceptors (Lipinski definition) is 4. The van der Waals surface area contributed by atoms with Gasteiger partial charge in [0.15, 0.2) is 0 Å². The minimum absolute atomic E-state index is 0.162. The summed E-state index contributed by atoms with van der Waals surface area (Å²) < 4.78 is 11.0. The second kappa shape index (κ2) is 7.50. The van der Waals surface area contributed by atoms with Crippen LogP contribution in [0.3, 0.4) is 0 Å². The second-order valence-electron chi connectivity index (χ2n) is 9.62. The average Bonchev–Trinajstić information content (AvgIpc) is 2.84. The summed E-state index contributed by atoms with van der Waals surface area (Å²) in [5.41, 5.74) is 1.76. The Bertz CT molecular complexity index is 821. The zero-order chi connectivity index (χ0) is 21.6. The van der Waals surface area contributed by atoms with Crippen molar-refractivity contribution in [1.29, 1.82) is 0 Å². The predicted molar refractivity (Wildman–Crippen MR) is 114 cm³/mol. The van der Waals surface area contributed by atoms with E-state index in [1.807, 2.05) is 47.6 Å². The van der Waals surface area contributed by atoms with Gasteiger partial charge in [0.1, 0.15) is 5.60 Å². The van der Waals surface area contributed by atoms with Gasteiger partial charge >= 0.3 is 12.1 Å². The van der Waals surface area contributed by atoms with Gasteiger partial charge in [0.25, 0.3) is 0 Å². The highest BCUT2D eigenvalue weighted by Crippen LogP contribution is 2.56. The highest BCUT2D eigenvalue weighted by Gasteiger charge is 2.55. The van der Waals surface area contributed by atoms with Gasteiger partial charge in [-0.25, -0.2) is 4.79 Å². The highest BCUT2D eigenvalue weighted by atomic mass is 35.5. The van der Waals surface area contributed by atoms with Gasteiger partial charge in [-0.15, -0.1) is 0 Å². The van der Waals surface area contributed by atoms with Gasteiger partial charge in [-0.1, -0.05) is 17.7 Å². The lowest BCUT2D eigenvalue weighted by molar-refractivity contribution is -0.150. The molecule has 1 spiro atoms. The quantitative estimate of drug-likeness (QED) is 0.620. The van der Waals surface area contributed by atoms with E-state index in [0.717, 1.165) is 24.0 Å². The number of esters is 1. The van der Waals surface area contributed by atoms with Crippen LogP contribution in [0.15, 0.2) is 12.1 Å². The van der Waals surface area contributed by atoms with Crippen molar-refractivity contribution in [2.45, 2.75) is 77.2 Å². The number of nitrogens with zero attached hydrogens (tertiary/aromatic N) is 1. The van der Waals surface area contributed by atoms with Crippen molar-refractivity contribution in [2.75, 3.05) is 19.7 Å². The van der Waals surface area contributed by atoms with Crippen LogP contribution in [-0.2, 0) is 25.1 Å². The number of ether oxygens (including phenoxy) is 2. The van der Waals surface area contributed by atoms with E-state index in [0.29, 0.717) is 31.1 Å². The number of fused-ring (bicyclic) bond motifs is 2. The Morgan fingerprint density at radius 3 is 2.34 bits per heavy atom. The topological polar surface area (TPSA) is 55.8 Å². The van der Waals surface area contributed by atoms with Crippen molar-refractivity contribution < 1.29 is 19.1 Å². The monoisotopic (exact) mass is 421 g/mol. The summed E-state index contributed by atoms with van der Waals surface area (Å²) in [5, 5.41) is 0.669. The lowest BCUT2D eigenvalue weighted by Gasteiger charge is -2.41. The first kappa shape index (κ1) is 21.9. The molecule has 1 atom stereocenters. The maximum absolute atomic E-state index is 12.9. The molecule has 1 aliphatic heterocycles. The number of piperidine rings is 1. The first-order chi connectivity index (χ1) is 13.4. The van der Waals surface area contributed by atoms with E-state index in [4.69, 9.17) is 21.1 Å². The summed E-state index contributed by atoms with van der Waals surface area (Å²) in [6.45, 7) is 13.0. The maximum Gasteiger partial charge on any atom is 0.410 e. The zero-order valence-electron chi connectivity index (χ0n) is 18.4. The van der Waals surface area contributed by atoms with E-state index in [-0.39, 0.29) is 17.5 Å². The molecule has 1 unspecified atom stereocenters. The largest absolute Gasteiger partial charge is 0.465 e. The number of hydrogen-bond donors (Lipinski definition) is 0. The number of carbonyl (C=O) groups excluding carboxylic acids is 2. The van der Waals surface area contributed by atoms with Gasteiger partial charge < -0.3 is 14.4 Å². The Labute approximate surface area is 178 Å². The molecule has 0 bridgehead atoms. The lowest BCUT2D eigenvalue weighted by atomic mass is 9.71. The van der Waals surface area contributed by atoms with Gasteiger partial charge in [-0.05, 0) is 83.6 Å². The molecule has 3 rings (SSSR count). The molecule has 160 valence electrons. The molecule has 0 saturated carbocycles. The van der Waals surface area contributed by atoms with Crippen molar-refractivity contribution in [3.05, 3.63) is 33.8 Å². The number of carbonyl (C=O) groups is 2. The summed E-state index contributed by atoms with van der Waals surface area (Å²) in [4.78, 5) is 27.2. The molecular weight excluding hydrogens is 390 g/mol. The average molecular weight is 422 g/mol. The van der Waals surface area contributed by atoms with Crippen molar-refractivity contribution in [1.82, 2.24) is 4.90 Å². The van der Waals surface area contributed by atoms with E-state index >= 15 is 0 Å². The second-order valence-corrected chi connectivity index (χ2v) is 10.0. The van der Waals surface area contributed by atoms with Crippen molar-refractivity contribution >= 4 is 23.7 Å². The normalized spacial score (nSPS) is 23.1. The Morgan fingerprint density at radius 1 is 1.17 bits per heavy atom. The van der Waals surface area contributed by atoms with Gasteiger partial charge in [0.05, 0.1) is 12.0 Å².